The van der Waals surface area contributed by atoms with Gasteiger partial charge in [-0.2, -0.15) is 0 Å². The predicted octanol–water partition coefficient (Wildman–Crippen LogP) is 1.92. The van der Waals surface area contributed by atoms with Gasteiger partial charge in [0, 0.05) is 6.54 Å². The van der Waals surface area contributed by atoms with Crippen LogP contribution in [-0.2, 0) is 6.54 Å². The zero-order chi connectivity index (χ0) is 10.8. The normalized spacial score (nSPS) is 11.5. The molecule has 2 heterocycles. The van der Waals surface area contributed by atoms with Crippen molar-refractivity contribution < 1.29 is 0 Å². The molecule has 0 atom stereocenters. The lowest BCUT2D eigenvalue weighted by Crippen LogP contribution is -2.04. The highest BCUT2D eigenvalue weighted by Crippen LogP contribution is 2.16. The van der Waals surface area contributed by atoms with Crippen molar-refractivity contribution in [2.75, 3.05) is 0 Å². The lowest BCUT2D eigenvalue weighted by Gasteiger charge is -2.03. The summed E-state index contributed by atoms with van der Waals surface area (Å²) in [5.74, 6) is 0.626. The third-order valence-electron chi connectivity index (χ3n) is 2.17. The Kier molecular flexibility index (Phi) is 2.81. The summed E-state index contributed by atoms with van der Waals surface area (Å²) >= 11 is 5.87. The van der Waals surface area contributed by atoms with Crippen LogP contribution in [0.3, 0.4) is 0 Å². The van der Waals surface area contributed by atoms with E-state index in [1.165, 1.54) is 6.33 Å². The van der Waals surface area contributed by atoms with Crippen LogP contribution in [0.1, 0.15) is 20.3 Å². The lowest BCUT2D eigenvalue weighted by atomic mass is 10.1. The molecule has 6 heteroatoms. The van der Waals surface area contributed by atoms with E-state index in [0.717, 1.165) is 13.0 Å². The Hall–Kier alpha value is -1.23. The first-order chi connectivity index (χ1) is 7.18. The van der Waals surface area contributed by atoms with Gasteiger partial charge in [-0.1, -0.05) is 30.7 Å². The van der Waals surface area contributed by atoms with E-state index in [2.05, 4.69) is 34.1 Å². The van der Waals surface area contributed by atoms with Crippen LogP contribution < -0.4 is 0 Å². The monoisotopic (exact) mass is 225 g/mol. The molecule has 0 amide bonds. The highest BCUT2D eigenvalue weighted by atomic mass is 35.5. The third kappa shape index (κ3) is 2.07. The average molecular weight is 226 g/mol. The van der Waals surface area contributed by atoms with E-state index in [-0.39, 0.29) is 0 Å². The molecule has 0 bridgehead atoms. The molecule has 0 aliphatic rings. The molecular weight excluding hydrogens is 214 g/mol. The van der Waals surface area contributed by atoms with Crippen LogP contribution >= 0.6 is 11.6 Å². The van der Waals surface area contributed by atoms with Crippen LogP contribution in [0.15, 0.2) is 6.33 Å². The topological polar surface area (TPSA) is 56.5 Å². The van der Waals surface area contributed by atoms with Gasteiger partial charge in [-0.3, -0.25) is 0 Å². The number of hydrogen-bond donors (Lipinski definition) is 0. The van der Waals surface area contributed by atoms with Crippen molar-refractivity contribution in [2.45, 2.75) is 26.8 Å². The molecule has 0 saturated carbocycles. The van der Waals surface area contributed by atoms with Gasteiger partial charge in [0.15, 0.2) is 16.3 Å². The number of halogens is 1. The zero-order valence-corrected chi connectivity index (χ0v) is 9.44. The van der Waals surface area contributed by atoms with Gasteiger partial charge >= 0.3 is 0 Å². The SMILES string of the molecule is CC(C)CCn1nnc2c(Cl)ncnc21. The van der Waals surface area contributed by atoms with Crippen molar-refractivity contribution in [2.24, 2.45) is 5.92 Å². The van der Waals surface area contributed by atoms with Gasteiger partial charge < -0.3 is 0 Å². The van der Waals surface area contributed by atoms with Crippen molar-refractivity contribution in [1.29, 1.82) is 0 Å². The Morgan fingerprint density at radius 1 is 1.40 bits per heavy atom. The summed E-state index contributed by atoms with van der Waals surface area (Å²) in [6.07, 6.45) is 2.47. The van der Waals surface area contributed by atoms with E-state index in [1.807, 2.05) is 0 Å². The minimum absolute atomic E-state index is 0.357. The van der Waals surface area contributed by atoms with Crippen molar-refractivity contribution >= 4 is 22.8 Å². The highest BCUT2D eigenvalue weighted by Gasteiger charge is 2.09. The first-order valence-electron chi connectivity index (χ1n) is 4.88. The van der Waals surface area contributed by atoms with Gasteiger partial charge in [0.2, 0.25) is 0 Å². The zero-order valence-electron chi connectivity index (χ0n) is 8.68. The Morgan fingerprint density at radius 2 is 2.20 bits per heavy atom. The summed E-state index contributed by atoms with van der Waals surface area (Å²) in [7, 11) is 0. The van der Waals surface area contributed by atoms with Gasteiger partial charge in [0.1, 0.15) is 6.33 Å². The predicted molar refractivity (Wildman–Crippen MR) is 57.6 cm³/mol. The van der Waals surface area contributed by atoms with E-state index in [0.29, 0.717) is 22.2 Å². The smallest absolute Gasteiger partial charge is 0.183 e. The fourth-order valence-electron chi connectivity index (χ4n) is 1.30. The molecule has 2 aromatic rings. The van der Waals surface area contributed by atoms with E-state index in [9.17, 15) is 0 Å². The van der Waals surface area contributed by atoms with Gasteiger partial charge in [-0.25, -0.2) is 14.6 Å². The van der Waals surface area contributed by atoms with Gasteiger partial charge in [0.25, 0.3) is 0 Å². The number of nitrogens with zero attached hydrogens (tertiary/aromatic N) is 5. The molecule has 80 valence electrons. The quantitative estimate of drug-likeness (QED) is 0.749. The molecule has 2 rings (SSSR count). The standard InChI is InChI=1S/C9H12ClN5/c1-6(2)3-4-15-9-7(13-14-15)8(10)11-5-12-9/h5-6H,3-4H2,1-2H3. The molecule has 15 heavy (non-hydrogen) atoms. The second kappa shape index (κ2) is 4.10. The number of aromatic nitrogens is 5. The van der Waals surface area contributed by atoms with Crippen LogP contribution in [0.25, 0.3) is 11.2 Å². The van der Waals surface area contributed by atoms with Gasteiger partial charge in [-0.15, -0.1) is 5.10 Å². The fourth-order valence-corrected chi connectivity index (χ4v) is 1.46. The van der Waals surface area contributed by atoms with E-state index >= 15 is 0 Å². The second-order valence-corrected chi connectivity index (χ2v) is 4.19. The van der Waals surface area contributed by atoms with Gasteiger partial charge in [-0.05, 0) is 12.3 Å². The van der Waals surface area contributed by atoms with Crippen molar-refractivity contribution in [3.63, 3.8) is 0 Å². The summed E-state index contributed by atoms with van der Waals surface area (Å²) < 4.78 is 1.77. The summed E-state index contributed by atoms with van der Waals surface area (Å²) in [5, 5.41) is 8.32. The molecule has 5 nitrogen and oxygen atoms in total. The second-order valence-electron chi connectivity index (χ2n) is 3.83. The number of fused-ring (bicyclic) bond motifs is 1. The maximum absolute atomic E-state index is 5.87. The molecule has 0 saturated heterocycles. The van der Waals surface area contributed by atoms with Crippen molar-refractivity contribution in [1.82, 2.24) is 25.0 Å². The molecule has 2 aromatic heterocycles. The summed E-state index contributed by atoms with van der Waals surface area (Å²) in [5.41, 5.74) is 1.28. The Balaban J connectivity index is 2.33. The largest absolute Gasteiger partial charge is 0.227 e. The molecule has 0 aliphatic heterocycles. The van der Waals surface area contributed by atoms with Crippen molar-refractivity contribution in [3.8, 4) is 0 Å². The van der Waals surface area contributed by atoms with Gasteiger partial charge in [0.05, 0.1) is 0 Å². The summed E-state index contributed by atoms with van der Waals surface area (Å²) in [4.78, 5) is 7.98. The maximum atomic E-state index is 5.87. The molecule has 0 aromatic carbocycles. The third-order valence-corrected chi connectivity index (χ3v) is 2.45. The van der Waals surface area contributed by atoms with Crippen LogP contribution in [0.4, 0.5) is 0 Å². The minimum Gasteiger partial charge on any atom is -0.227 e. The highest BCUT2D eigenvalue weighted by molar-refractivity contribution is 6.33. The molecule has 0 N–H and O–H groups in total. The molecule has 0 fully saturated rings. The number of aryl methyl sites for hydroxylation is 1. The molecule has 0 unspecified atom stereocenters. The Labute approximate surface area is 92.5 Å². The summed E-state index contributed by atoms with van der Waals surface area (Å²) in [6, 6.07) is 0. The minimum atomic E-state index is 0.357. The summed E-state index contributed by atoms with van der Waals surface area (Å²) in [6.45, 7) is 5.14. The van der Waals surface area contributed by atoms with Crippen LogP contribution in [0.2, 0.25) is 5.15 Å². The Bertz CT molecular complexity index is 464. The first-order valence-corrected chi connectivity index (χ1v) is 5.26. The lowest BCUT2D eigenvalue weighted by molar-refractivity contribution is 0.485. The van der Waals surface area contributed by atoms with Crippen LogP contribution in [-0.4, -0.2) is 25.0 Å². The van der Waals surface area contributed by atoms with Crippen LogP contribution in [0.5, 0.6) is 0 Å². The molecule has 0 radical (unpaired) electrons. The van der Waals surface area contributed by atoms with Crippen LogP contribution in [0, 0.1) is 5.92 Å². The number of hydrogen-bond acceptors (Lipinski definition) is 4. The molecular formula is C9H12ClN5. The molecule has 0 aliphatic carbocycles. The number of rotatable bonds is 3. The molecule has 0 spiro atoms. The van der Waals surface area contributed by atoms with E-state index < -0.39 is 0 Å². The Morgan fingerprint density at radius 3 is 2.93 bits per heavy atom. The van der Waals surface area contributed by atoms with E-state index in [4.69, 9.17) is 11.6 Å². The van der Waals surface area contributed by atoms with Crippen molar-refractivity contribution in [3.05, 3.63) is 11.5 Å². The maximum Gasteiger partial charge on any atom is 0.183 e. The average Bonchev–Trinajstić information content (AvgIpc) is 2.59. The fraction of sp³-hybridized carbons (Fsp3) is 0.556. The first kappa shape index (κ1) is 10.3. The van der Waals surface area contributed by atoms with E-state index in [1.54, 1.807) is 4.68 Å².